The number of pyridine rings is 1. The lowest BCUT2D eigenvalue weighted by Crippen LogP contribution is -2.47. The number of anilines is 2. The Morgan fingerprint density at radius 3 is 2.37 bits per heavy atom. The summed E-state index contributed by atoms with van der Waals surface area (Å²) in [6.45, 7) is 4.91. The highest BCUT2D eigenvalue weighted by atomic mass is 32.2. The SMILES string of the molecule is COc1cc(NC(=O)C(=O)NCCCN2CCN(c3ccncc3)CC2)ccc1S(=O)(=O)N(C)C. The molecule has 2 amide bonds. The van der Waals surface area contributed by atoms with E-state index in [0.29, 0.717) is 6.54 Å². The zero-order valence-corrected chi connectivity index (χ0v) is 21.0. The van der Waals surface area contributed by atoms with Gasteiger partial charge in [0.15, 0.2) is 0 Å². The highest BCUT2D eigenvalue weighted by Gasteiger charge is 2.23. The van der Waals surface area contributed by atoms with Crippen molar-refractivity contribution in [1.82, 2.24) is 19.5 Å². The van der Waals surface area contributed by atoms with Gasteiger partial charge in [0.1, 0.15) is 10.6 Å². The van der Waals surface area contributed by atoms with Crippen LogP contribution < -0.4 is 20.3 Å². The molecule has 0 spiro atoms. The van der Waals surface area contributed by atoms with Crippen molar-refractivity contribution < 1.29 is 22.7 Å². The zero-order chi connectivity index (χ0) is 25.4. The van der Waals surface area contributed by atoms with Gasteiger partial charge < -0.3 is 20.3 Å². The second-order valence-corrected chi connectivity index (χ2v) is 10.4. The molecule has 12 heteroatoms. The molecule has 1 fully saturated rings. The summed E-state index contributed by atoms with van der Waals surface area (Å²) < 4.78 is 31.0. The van der Waals surface area contributed by atoms with E-state index in [1.54, 1.807) is 12.4 Å². The van der Waals surface area contributed by atoms with Gasteiger partial charge in [-0.2, -0.15) is 0 Å². The first-order chi connectivity index (χ1) is 16.7. The van der Waals surface area contributed by atoms with Crippen molar-refractivity contribution in [3.63, 3.8) is 0 Å². The molecule has 0 saturated carbocycles. The van der Waals surface area contributed by atoms with Crippen molar-refractivity contribution >= 4 is 33.2 Å². The first kappa shape index (κ1) is 26.4. The molecule has 0 radical (unpaired) electrons. The van der Waals surface area contributed by atoms with Crippen LogP contribution in [0.3, 0.4) is 0 Å². The second-order valence-electron chi connectivity index (χ2n) is 8.25. The van der Waals surface area contributed by atoms with Crippen molar-refractivity contribution in [2.24, 2.45) is 0 Å². The molecule has 2 aromatic rings. The van der Waals surface area contributed by atoms with Crippen LogP contribution >= 0.6 is 0 Å². The summed E-state index contributed by atoms with van der Waals surface area (Å²) in [4.78, 5) is 33.1. The highest BCUT2D eigenvalue weighted by molar-refractivity contribution is 7.89. The topological polar surface area (TPSA) is 124 Å². The largest absolute Gasteiger partial charge is 0.495 e. The summed E-state index contributed by atoms with van der Waals surface area (Å²) in [6.07, 6.45) is 4.31. The quantitative estimate of drug-likeness (QED) is 0.376. The van der Waals surface area contributed by atoms with Gasteiger partial charge in [0.25, 0.3) is 0 Å². The maximum absolute atomic E-state index is 12.4. The minimum Gasteiger partial charge on any atom is -0.495 e. The lowest BCUT2D eigenvalue weighted by molar-refractivity contribution is -0.136. The van der Waals surface area contributed by atoms with Crippen LogP contribution in [0.5, 0.6) is 5.75 Å². The van der Waals surface area contributed by atoms with E-state index in [2.05, 4.69) is 25.4 Å². The average Bonchev–Trinajstić information content (AvgIpc) is 2.87. The van der Waals surface area contributed by atoms with Gasteiger partial charge in [0.05, 0.1) is 7.11 Å². The summed E-state index contributed by atoms with van der Waals surface area (Å²) in [5.41, 5.74) is 1.43. The molecule has 3 rings (SSSR count). The van der Waals surface area contributed by atoms with E-state index >= 15 is 0 Å². The number of rotatable bonds is 9. The zero-order valence-electron chi connectivity index (χ0n) is 20.2. The molecule has 2 N–H and O–H groups in total. The van der Waals surface area contributed by atoms with Crippen LogP contribution in [0.25, 0.3) is 0 Å². The van der Waals surface area contributed by atoms with E-state index in [9.17, 15) is 18.0 Å². The number of methoxy groups -OCH3 is 1. The third-order valence-corrected chi connectivity index (χ3v) is 7.58. The third-order valence-electron chi connectivity index (χ3n) is 5.72. The Morgan fingerprint density at radius 2 is 1.74 bits per heavy atom. The number of hydrogen-bond acceptors (Lipinski definition) is 8. The van der Waals surface area contributed by atoms with E-state index in [4.69, 9.17) is 4.74 Å². The predicted molar refractivity (Wildman–Crippen MR) is 133 cm³/mol. The summed E-state index contributed by atoms with van der Waals surface area (Å²) in [6, 6.07) is 8.12. The number of benzene rings is 1. The number of carbonyl (C=O) groups excluding carboxylic acids is 2. The number of hydrogen-bond donors (Lipinski definition) is 2. The van der Waals surface area contributed by atoms with Gasteiger partial charge in [0.2, 0.25) is 10.0 Å². The number of aromatic nitrogens is 1. The summed E-state index contributed by atoms with van der Waals surface area (Å²) >= 11 is 0. The van der Waals surface area contributed by atoms with Crippen molar-refractivity contribution in [3.05, 3.63) is 42.7 Å². The van der Waals surface area contributed by atoms with Gasteiger partial charge in [-0.3, -0.25) is 19.5 Å². The smallest absolute Gasteiger partial charge is 0.313 e. The van der Waals surface area contributed by atoms with Gasteiger partial charge in [-0.05, 0) is 37.2 Å². The minimum absolute atomic E-state index is 0.0333. The van der Waals surface area contributed by atoms with E-state index in [1.165, 1.54) is 45.1 Å². The van der Waals surface area contributed by atoms with Crippen molar-refractivity contribution in [2.75, 3.05) is 70.7 Å². The molecule has 35 heavy (non-hydrogen) atoms. The second kappa shape index (κ2) is 12.0. The van der Waals surface area contributed by atoms with Gasteiger partial charge in [-0.1, -0.05) is 0 Å². The number of amides is 2. The van der Waals surface area contributed by atoms with E-state index < -0.39 is 21.8 Å². The van der Waals surface area contributed by atoms with Crippen molar-refractivity contribution in [3.8, 4) is 5.75 Å². The minimum atomic E-state index is -3.72. The van der Waals surface area contributed by atoms with Gasteiger partial charge in [0, 0.05) is 76.7 Å². The molecule has 11 nitrogen and oxygen atoms in total. The number of sulfonamides is 1. The molecule has 1 aromatic carbocycles. The number of carbonyl (C=O) groups is 2. The molecule has 1 aliphatic heterocycles. The summed E-state index contributed by atoms with van der Waals surface area (Å²) in [5, 5.41) is 5.10. The molecular weight excluding hydrogens is 472 g/mol. The lowest BCUT2D eigenvalue weighted by atomic mass is 10.2. The van der Waals surface area contributed by atoms with Crippen LogP contribution in [0.2, 0.25) is 0 Å². The molecule has 1 aromatic heterocycles. The standard InChI is InChI=1S/C23H32N6O5S/c1-27(2)35(32,33)21-6-5-18(17-20(21)34-3)26-23(31)22(30)25-9-4-12-28-13-15-29(16-14-28)19-7-10-24-11-8-19/h5-8,10-11,17H,4,9,12-16H2,1-3H3,(H,25,30)(H,26,31). The monoisotopic (exact) mass is 504 g/mol. The molecule has 0 unspecified atom stereocenters. The van der Waals surface area contributed by atoms with Crippen LogP contribution in [0, 0.1) is 0 Å². The first-order valence-electron chi connectivity index (χ1n) is 11.3. The number of ether oxygens (including phenoxy) is 1. The highest BCUT2D eigenvalue weighted by Crippen LogP contribution is 2.28. The maximum atomic E-state index is 12.4. The lowest BCUT2D eigenvalue weighted by Gasteiger charge is -2.36. The van der Waals surface area contributed by atoms with Crippen LogP contribution in [0.4, 0.5) is 11.4 Å². The van der Waals surface area contributed by atoms with E-state index in [-0.39, 0.29) is 16.3 Å². The van der Waals surface area contributed by atoms with Crippen LogP contribution in [-0.4, -0.2) is 94.9 Å². The number of nitrogens with zero attached hydrogens (tertiary/aromatic N) is 4. The van der Waals surface area contributed by atoms with Gasteiger partial charge in [-0.25, -0.2) is 12.7 Å². The normalized spacial score (nSPS) is 14.6. The first-order valence-corrected chi connectivity index (χ1v) is 12.7. The number of piperazine rings is 1. The number of nitrogens with one attached hydrogen (secondary N) is 2. The molecule has 0 bridgehead atoms. The van der Waals surface area contributed by atoms with E-state index in [0.717, 1.165) is 43.4 Å². The molecule has 1 aliphatic rings. The Labute approximate surface area is 206 Å². The Bertz CT molecular complexity index is 1120. The van der Waals surface area contributed by atoms with Gasteiger partial charge >= 0.3 is 11.8 Å². The van der Waals surface area contributed by atoms with Crippen molar-refractivity contribution in [2.45, 2.75) is 11.3 Å². The molecule has 190 valence electrons. The molecule has 2 heterocycles. The fourth-order valence-corrected chi connectivity index (χ4v) is 4.74. The fourth-order valence-electron chi connectivity index (χ4n) is 3.71. The molecule has 0 aliphatic carbocycles. The molecular formula is C23H32N6O5S. The average molecular weight is 505 g/mol. The van der Waals surface area contributed by atoms with Crippen LogP contribution in [-0.2, 0) is 19.6 Å². The Hall–Kier alpha value is -3.22. The van der Waals surface area contributed by atoms with Crippen LogP contribution in [0.15, 0.2) is 47.6 Å². The van der Waals surface area contributed by atoms with Gasteiger partial charge in [-0.15, -0.1) is 0 Å². The Balaban J connectivity index is 1.41. The summed E-state index contributed by atoms with van der Waals surface area (Å²) in [5.74, 6) is -1.52. The third kappa shape index (κ3) is 6.90. The van der Waals surface area contributed by atoms with E-state index in [1.807, 2.05) is 12.1 Å². The Kier molecular flexibility index (Phi) is 9.01. The fraction of sp³-hybridized carbons (Fsp3) is 0.435. The van der Waals surface area contributed by atoms with Crippen molar-refractivity contribution in [1.29, 1.82) is 0 Å². The maximum Gasteiger partial charge on any atom is 0.313 e. The van der Waals surface area contributed by atoms with Crippen LogP contribution in [0.1, 0.15) is 6.42 Å². The Morgan fingerprint density at radius 1 is 1.06 bits per heavy atom. The predicted octanol–water partition coefficient (Wildman–Crippen LogP) is 0.608. The molecule has 1 saturated heterocycles. The summed E-state index contributed by atoms with van der Waals surface area (Å²) in [7, 11) is 0.447. The molecule has 0 atom stereocenters.